The van der Waals surface area contributed by atoms with E-state index in [1.807, 2.05) is 4.90 Å². The van der Waals surface area contributed by atoms with Crippen molar-refractivity contribution < 1.29 is 27.1 Å². The Balaban J connectivity index is 1.98. The molecule has 2 aliphatic heterocycles. The van der Waals surface area contributed by atoms with Crippen molar-refractivity contribution in [3.63, 3.8) is 0 Å². The van der Waals surface area contributed by atoms with Crippen LogP contribution in [0.1, 0.15) is 25.7 Å². The fourth-order valence-electron chi connectivity index (χ4n) is 3.06. The van der Waals surface area contributed by atoms with Gasteiger partial charge in [0.2, 0.25) is 0 Å². The smallest absolute Gasteiger partial charge is 0.457 e. The van der Waals surface area contributed by atoms with Gasteiger partial charge >= 0.3 is 12.1 Å². The maximum atomic E-state index is 12.8. The van der Waals surface area contributed by atoms with Gasteiger partial charge in [-0.25, -0.2) is 9.18 Å². The standard InChI is InChI=1S/C11H15F4NO2/c12-6-8-2-4-10(3-1-5-16(8)10)7-18-9(17)11(13,14)15/h8H,1-7H2/t8-,10-/m0/s1. The monoisotopic (exact) mass is 269 g/mol. The van der Waals surface area contributed by atoms with Crippen molar-refractivity contribution in [2.24, 2.45) is 0 Å². The molecule has 0 saturated carbocycles. The molecule has 18 heavy (non-hydrogen) atoms. The number of nitrogens with zero attached hydrogens (tertiary/aromatic N) is 1. The SMILES string of the molecule is O=C(OC[C@@]12CCCN1[C@H](CF)CC2)C(F)(F)F. The zero-order valence-corrected chi connectivity index (χ0v) is 9.80. The molecule has 2 heterocycles. The highest BCUT2D eigenvalue weighted by Gasteiger charge is 2.51. The zero-order chi connectivity index (χ0) is 13.4. The van der Waals surface area contributed by atoms with Crippen LogP contribution in [0.25, 0.3) is 0 Å². The predicted octanol–water partition coefficient (Wildman–Crippen LogP) is 2.06. The van der Waals surface area contributed by atoms with E-state index in [4.69, 9.17) is 0 Å². The first-order valence-electron chi connectivity index (χ1n) is 5.96. The van der Waals surface area contributed by atoms with Crippen LogP contribution in [0.3, 0.4) is 0 Å². The lowest BCUT2D eigenvalue weighted by atomic mass is 9.95. The lowest BCUT2D eigenvalue weighted by Crippen LogP contribution is -2.47. The Kier molecular flexibility index (Phi) is 3.53. The lowest BCUT2D eigenvalue weighted by Gasteiger charge is -2.33. The van der Waals surface area contributed by atoms with Gasteiger partial charge in [0.25, 0.3) is 0 Å². The van der Waals surface area contributed by atoms with Gasteiger partial charge in [-0.3, -0.25) is 4.90 Å². The molecule has 7 heteroatoms. The van der Waals surface area contributed by atoms with E-state index >= 15 is 0 Å². The van der Waals surface area contributed by atoms with Crippen molar-refractivity contribution in [2.75, 3.05) is 19.8 Å². The van der Waals surface area contributed by atoms with E-state index in [0.29, 0.717) is 25.8 Å². The van der Waals surface area contributed by atoms with E-state index in [0.717, 1.165) is 6.42 Å². The summed E-state index contributed by atoms with van der Waals surface area (Å²) in [7, 11) is 0. The molecule has 0 radical (unpaired) electrons. The molecular formula is C11H15F4NO2. The second-order valence-electron chi connectivity index (χ2n) is 4.94. The molecule has 0 amide bonds. The van der Waals surface area contributed by atoms with Crippen molar-refractivity contribution >= 4 is 5.97 Å². The number of halogens is 4. The van der Waals surface area contributed by atoms with Crippen LogP contribution in [0.2, 0.25) is 0 Å². The molecule has 0 unspecified atom stereocenters. The minimum Gasteiger partial charge on any atom is -0.457 e. The highest BCUT2D eigenvalue weighted by Crippen LogP contribution is 2.42. The Morgan fingerprint density at radius 2 is 2.11 bits per heavy atom. The Hall–Kier alpha value is -0.850. The van der Waals surface area contributed by atoms with Crippen LogP contribution < -0.4 is 0 Å². The van der Waals surface area contributed by atoms with Gasteiger partial charge < -0.3 is 4.74 Å². The fraction of sp³-hybridized carbons (Fsp3) is 0.909. The molecule has 104 valence electrons. The fourth-order valence-corrected chi connectivity index (χ4v) is 3.06. The average molecular weight is 269 g/mol. The van der Waals surface area contributed by atoms with Crippen LogP contribution in [0, 0.1) is 0 Å². The first kappa shape index (κ1) is 13.6. The van der Waals surface area contributed by atoms with Crippen molar-refractivity contribution in [3.8, 4) is 0 Å². The van der Waals surface area contributed by atoms with E-state index in [2.05, 4.69) is 4.74 Å². The first-order chi connectivity index (χ1) is 8.39. The summed E-state index contributed by atoms with van der Waals surface area (Å²) >= 11 is 0. The maximum absolute atomic E-state index is 12.8. The number of carbonyl (C=O) groups is 1. The molecule has 0 aromatic rings. The lowest BCUT2D eigenvalue weighted by molar-refractivity contribution is -0.202. The molecule has 0 aliphatic carbocycles. The predicted molar refractivity (Wildman–Crippen MR) is 54.7 cm³/mol. The van der Waals surface area contributed by atoms with Crippen molar-refractivity contribution in [1.82, 2.24) is 4.90 Å². The maximum Gasteiger partial charge on any atom is 0.490 e. The quantitative estimate of drug-likeness (QED) is 0.580. The van der Waals surface area contributed by atoms with E-state index in [1.54, 1.807) is 0 Å². The number of rotatable bonds is 3. The molecule has 0 aromatic heterocycles. The molecule has 2 saturated heterocycles. The van der Waals surface area contributed by atoms with E-state index in [1.165, 1.54) is 0 Å². The molecule has 0 bridgehead atoms. The summed E-state index contributed by atoms with van der Waals surface area (Å²) in [6.45, 7) is -0.130. The Morgan fingerprint density at radius 3 is 2.72 bits per heavy atom. The number of ether oxygens (including phenoxy) is 1. The summed E-state index contributed by atoms with van der Waals surface area (Å²) in [6.07, 6.45) is -2.29. The summed E-state index contributed by atoms with van der Waals surface area (Å²) in [5.41, 5.74) is -0.572. The molecule has 0 aromatic carbocycles. The second-order valence-corrected chi connectivity index (χ2v) is 4.94. The number of esters is 1. The van der Waals surface area contributed by atoms with Crippen LogP contribution in [0.15, 0.2) is 0 Å². The zero-order valence-electron chi connectivity index (χ0n) is 9.80. The van der Waals surface area contributed by atoms with Gasteiger partial charge in [0.15, 0.2) is 0 Å². The molecule has 0 spiro atoms. The number of fused-ring (bicyclic) bond motifs is 1. The number of hydrogen-bond donors (Lipinski definition) is 0. The Labute approximate surface area is 102 Å². The van der Waals surface area contributed by atoms with E-state index < -0.39 is 24.4 Å². The van der Waals surface area contributed by atoms with E-state index in [-0.39, 0.29) is 12.6 Å². The summed E-state index contributed by atoms with van der Waals surface area (Å²) in [6, 6.07) is -0.239. The Bertz CT molecular complexity index is 333. The van der Waals surface area contributed by atoms with Gasteiger partial charge in [-0.1, -0.05) is 0 Å². The molecule has 3 nitrogen and oxygen atoms in total. The summed E-state index contributed by atoms with van der Waals surface area (Å²) in [5.74, 6) is -2.16. The van der Waals surface area contributed by atoms with Crippen molar-refractivity contribution in [3.05, 3.63) is 0 Å². The third-order valence-corrected chi connectivity index (χ3v) is 3.92. The summed E-state index contributed by atoms with van der Waals surface area (Å²) in [4.78, 5) is 12.6. The molecule has 2 fully saturated rings. The summed E-state index contributed by atoms with van der Waals surface area (Å²) in [5, 5.41) is 0. The van der Waals surface area contributed by atoms with Gasteiger partial charge in [-0.05, 0) is 32.2 Å². The van der Waals surface area contributed by atoms with Gasteiger partial charge in [0.1, 0.15) is 13.3 Å². The Morgan fingerprint density at radius 1 is 1.39 bits per heavy atom. The third-order valence-electron chi connectivity index (χ3n) is 3.92. The number of alkyl halides is 4. The van der Waals surface area contributed by atoms with Crippen LogP contribution in [0.4, 0.5) is 17.6 Å². The topological polar surface area (TPSA) is 29.5 Å². The highest BCUT2D eigenvalue weighted by molar-refractivity contribution is 5.75. The van der Waals surface area contributed by atoms with Crippen LogP contribution >= 0.6 is 0 Å². The molecule has 2 atom stereocenters. The van der Waals surface area contributed by atoms with Crippen molar-refractivity contribution in [2.45, 2.75) is 43.4 Å². The van der Waals surface area contributed by atoms with Gasteiger partial charge in [0, 0.05) is 6.04 Å². The molecular weight excluding hydrogens is 254 g/mol. The summed E-state index contributed by atoms with van der Waals surface area (Å²) < 4.78 is 53.3. The normalized spacial score (nSPS) is 32.6. The minimum atomic E-state index is -4.96. The van der Waals surface area contributed by atoms with Gasteiger partial charge in [0.05, 0.1) is 5.54 Å². The van der Waals surface area contributed by atoms with Crippen LogP contribution in [-0.2, 0) is 9.53 Å². The third kappa shape index (κ3) is 2.32. The highest BCUT2D eigenvalue weighted by atomic mass is 19.4. The van der Waals surface area contributed by atoms with Crippen LogP contribution in [-0.4, -0.2) is 48.5 Å². The largest absolute Gasteiger partial charge is 0.490 e. The molecule has 2 aliphatic rings. The molecule has 2 rings (SSSR count). The first-order valence-corrected chi connectivity index (χ1v) is 5.96. The molecule has 0 N–H and O–H groups in total. The van der Waals surface area contributed by atoms with Gasteiger partial charge in [-0.15, -0.1) is 0 Å². The second kappa shape index (κ2) is 4.68. The average Bonchev–Trinajstić information content (AvgIpc) is 2.82. The van der Waals surface area contributed by atoms with Crippen LogP contribution in [0.5, 0.6) is 0 Å². The number of hydrogen-bond acceptors (Lipinski definition) is 3. The number of carbonyl (C=O) groups excluding carboxylic acids is 1. The van der Waals surface area contributed by atoms with Gasteiger partial charge in [-0.2, -0.15) is 13.2 Å². The van der Waals surface area contributed by atoms with Crippen molar-refractivity contribution in [1.29, 1.82) is 0 Å². The van der Waals surface area contributed by atoms with E-state index in [9.17, 15) is 22.4 Å². The minimum absolute atomic E-state index is 0.239.